The highest BCUT2D eigenvalue weighted by atomic mass is 16.5. The van der Waals surface area contributed by atoms with Crippen LogP contribution in [0.4, 0.5) is 10.6 Å². The summed E-state index contributed by atoms with van der Waals surface area (Å²) in [6.07, 6.45) is 0.590. The van der Waals surface area contributed by atoms with Crippen molar-refractivity contribution in [3.8, 4) is 11.1 Å². The Morgan fingerprint density at radius 2 is 1.65 bits per heavy atom. The van der Waals surface area contributed by atoms with Gasteiger partial charge in [0.15, 0.2) is 0 Å². The normalized spacial score (nSPS) is 12.6. The first-order valence-electron chi connectivity index (χ1n) is 10.8. The number of rotatable bonds is 7. The lowest BCUT2D eigenvalue weighted by atomic mass is 9.94. The van der Waals surface area contributed by atoms with Crippen molar-refractivity contribution in [3.63, 3.8) is 0 Å². The lowest BCUT2D eigenvalue weighted by molar-refractivity contribution is -0.146. The van der Waals surface area contributed by atoms with Crippen LogP contribution in [0.5, 0.6) is 0 Å². The molecule has 9 nitrogen and oxygen atoms in total. The van der Waals surface area contributed by atoms with E-state index in [-0.39, 0.29) is 30.5 Å². The first kappa shape index (κ1) is 23.0. The van der Waals surface area contributed by atoms with Gasteiger partial charge in [-0.2, -0.15) is 5.10 Å². The maximum atomic E-state index is 12.6. The molecule has 176 valence electrons. The minimum absolute atomic E-state index is 0.0829. The van der Waals surface area contributed by atoms with Crippen molar-refractivity contribution in [2.24, 2.45) is 12.5 Å². The molecule has 3 aromatic rings. The minimum atomic E-state index is -1.14. The molecule has 1 aliphatic rings. The molecule has 0 saturated carbocycles. The predicted molar refractivity (Wildman–Crippen MR) is 126 cm³/mol. The Morgan fingerprint density at radius 3 is 2.24 bits per heavy atom. The van der Waals surface area contributed by atoms with Crippen molar-refractivity contribution in [1.82, 2.24) is 15.1 Å². The van der Waals surface area contributed by atoms with Crippen LogP contribution >= 0.6 is 0 Å². The molecule has 1 aliphatic carbocycles. The molecule has 0 radical (unpaired) electrons. The summed E-state index contributed by atoms with van der Waals surface area (Å²) >= 11 is 0. The number of nitrogens with one attached hydrogen (secondary N) is 2. The highest BCUT2D eigenvalue weighted by Crippen LogP contribution is 2.44. The number of aliphatic carboxylic acids is 1. The Morgan fingerprint density at radius 1 is 1.06 bits per heavy atom. The second-order valence-electron chi connectivity index (χ2n) is 8.85. The molecule has 0 aliphatic heterocycles. The van der Waals surface area contributed by atoms with Crippen molar-refractivity contribution in [3.05, 3.63) is 71.4 Å². The van der Waals surface area contributed by atoms with E-state index in [1.807, 2.05) is 36.4 Å². The monoisotopic (exact) mass is 462 g/mol. The Kier molecular flexibility index (Phi) is 6.10. The second-order valence-corrected chi connectivity index (χ2v) is 8.85. The predicted octanol–water partition coefficient (Wildman–Crippen LogP) is 3.62. The van der Waals surface area contributed by atoms with E-state index in [2.05, 4.69) is 27.9 Å². The van der Waals surface area contributed by atoms with Crippen LogP contribution in [0.25, 0.3) is 11.1 Å². The summed E-state index contributed by atoms with van der Waals surface area (Å²) < 4.78 is 6.89. The van der Waals surface area contributed by atoms with Gasteiger partial charge >= 0.3 is 12.1 Å². The number of carbonyl (C=O) groups is 3. The van der Waals surface area contributed by atoms with Gasteiger partial charge in [-0.05, 0) is 36.1 Å². The van der Waals surface area contributed by atoms with Crippen molar-refractivity contribution in [1.29, 1.82) is 0 Å². The molecule has 2 aromatic carbocycles. The van der Waals surface area contributed by atoms with Gasteiger partial charge in [-0.15, -0.1) is 0 Å². The molecular weight excluding hydrogens is 436 g/mol. The SMILES string of the molecule is Cn1ncc(C(=O)NCC(C)(C)C(=O)O)c1NC(=O)OCC1c2ccccc2-c2ccccc21. The number of amides is 2. The number of ether oxygens (including phenoxy) is 1. The molecule has 3 N–H and O–H groups in total. The summed E-state index contributed by atoms with van der Waals surface area (Å²) in [7, 11) is 1.58. The fraction of sp³-hybridized carbons (Fsp3) is 0.280. The average Bonchev–Trinajstić information content (AvgIpc) is 3.34. The molecule has 0 atom stereocenters. The number of nitrogens with zero attached hydrogens (tertiary/aromatic N) is 2. The quantitative estimate of drug-likeness (QED) is 0.493. The number of benzene rings is 2. The highest BCUT2D eigenvalue weighted by Gasteiger charge is 2.30. The van der Waals surface area contributed by atoms with E-state index in [1.54, 1.807) is 7.05 Å². The van der Waals surface area contributed by atoms with E-state index in [1.165, 1.54) is 24.7 Å². The van der Waals surface area contributed by atoms with Crippen LogP contribution in [0.1, 0.15) is 41.3 Å². The van der Waals surface area contributed by atoms with E-state index in [4.69, 9.17) is 4.74 Å². The standard InChI is InChI=1S/C25H26N4O5/c1-25(2,23(31)32)14-26-22(30)19-12-27-29(3)21(19)28-24(33)34-13-20-17-10-6-4-8-15(17)16-9-5-7-11-18(16)20/h4-12,20H,13-14H2,1-3H3,(H,26,30)(H,28,33)(H,31,32). The maximum Gasteiger partial charge on any atom is 0.412 e. The van der Waals surface area contributed by atoms with Crippen LogP contribution in [-0.4, -0.2) is 46.0 Å². The molecule has 1 heterocycles. The molecule has 0 saturated heterocycles. The van der Waals surface area contributed by atoms with Gasteiger partial charge in [0.25, 0.3) is 5.91 Å². The Hall–Kier alpha value is -4.14. The number of carboxylic acid groups (broad SMARTS) is 1. The minimum Gasteiger partial charge on any atom is -0.481 e. The topological polar surface area (TPSA) is 123 Å². The summed E-state index contributed by atoms with van der Waals surface area (Å²) in [4.78, 5) is 36.5. The maximum absolute atomic E-state index is 12.6. The van der Waals surface area contributed by atoms with Gasteiger partial charge in [0.2, 0.25) is 0 Å². The first-order chi connectivity index (χ1) is 16.2. The largest absolute Gasteiger partial charge is 0.481 e. The lowest BCUT2D eigenvalue weighted by Crippen LogP contribution is -2.39. The van der Waals surface area contributed by atoms with Gasteiger partial charge in [0.05, 0.1) is 11.6 Å². The molecule has 4 rings (SSSR count). The van der Waals surface area contributed by atoms with Crippen molar-refractivity contribution in [2.75, 3.05) is 18.5 Å². The zero-order chi connectivity index (χ0) is 24.5. The van der Waals surface area contributed by atoms with E-state index < -0.39 is 23.4 Å². The van der Waals surface area contributed by atoms with Gasteiger partial charge in [0.1, 0.15) is 18.0 Å². The molecule has 0 fully saturated rings. The van der Waals surface area contributed by atoms with Crippen LogP contribution in [-0.2, 0) is 16.6 Å². The van der Waals surface area contributed by atoms with Crippen LogP contribution in [0.15, 0.2) is 54.7 Å². The summed E-state index contributed by atoms with van der Waals surface area (Å²) in [5.41, 5.74) is 3.41. The number of anilines is 1. The molecule has 2 amide bonds. The third kappa shape index (κ3) is 4.36. The molecule has 0 spiro atoms. The molecule has 34 heavy (non-hydrogen) atoms. The van der Waals surface area contributed by atoms with Gasteiger partial charge in [-0.3, -0.25) is 19.6 Å². The number of carbonyl (C=O) groups excluding carboxylic acids is 2. The van der Waals surface area contributed by atoms with Gasteiger partial charge in [-0.25, -0.2) is 4.79 Å². The zero-order valence-electron chi connectivity index (χ0n) is 19.2. The van der Waals surface area contributed by atoms with E-state index in [0.29, 0.717) is 0 Å². The Labute approximate surface area is 196 Å². The fourth-order valence-electron chi connectivity index (χ4n) is 3.96. The van der Waals surface area contributed by atoms with Crippen molar-refractivity contribution < 1.29 is 24.2 Å². The summed E-state index contributed by atoms with van der Waals surface area (Å²) in [5, 5.41) is 18.4. The number of fused-ring (bicyclic) bond motifs is 3. The molecule has 0 unspecified atom stereocenters. The summed E-state index contributed by atoms with van der Waals surface area (Å²) in [6, 6.07) is 16.1. The molecule has 1 aromatic heterocycles. The zero-order valence-corrected chi connectivity index (χ0v) is 19.2. The number of hydrogen-bond donors (Lipinski definition) is 3. The summed E-state index contributed by atoms with van der Waals surface area (Å²) in [6.45, 7) is 3.07. The van der Waals surface area contributed by atoms with E-state index in [0.717, 1.165) is 22.3 Å². The summed E-state index contributed by atoms with van der Waals surface area (Å²) in [5.74, 6) is -1.51. The third-order valence-corrected chi connectivity index (χ3v) is 6.02. The van der Waals surface area contributed by atoms with Gasteiger partial charge < -0.3 is 15.2 Å². The van der Waals surface area contributed by atoms with Crippen LogP contribution in [0.2, 0.25) is 0 Å². The number of aryl methyl sites for hydroxylation is 1. The van der Waals surface area contributed by atoms with E-state index in [9.17, 15) is 19.5 Å². The van der Waals surface area contributed by atoms with Crippen LogP contribution in [0, 0.1) is 5.41 Å². The highest BCUT2D eigenvalue weighted by molar-refractivity contribution is 6.01. The van der Waals surface area contributed by atoms with Crippen molar-refractivity contribution >= 4 is 23.8 Å². The third-order valence-electron chi connectivity index (χ3n) is 6.02. The molecular formula is C25H26N4O5. The number of carboxylic acids is 1. The fourth-order valence-corrected chi connectivity index (χ4v) is 3.96. The smallest absolute Gasteiger partial charge is 0.412 e. The van der Waals surface area contributed by atoms with Crippen LogP contribution in [0.3, 0.4) is 0 Å². The van der Waals surface area contributed by atoms with Gasteiger partial charge in [-0.1, -0.05) is 48.5 Å². The van der Waals surface area contributed by atoms with Crippen molar-refractivity contribution in [2.45, 2.75) is 19.8 Å². The molecule has 9 heteroatoms. The number of aromatic nitrogens is 2. The Bertz CT molecular complexity index is 1220. The van der Waals surface area contributed by atoms with Crippen LogP contribution < -0.4 is 10.6 Å². The van der Waals surface area contributed by atoms with Gasteiger partial charge in [0, 0.05) is 19.5 Å². The second kappa shape index (κ2) is 9.01. The first-order valence-corrected chi connectivity index (χ1v) is 10.8. The number of hydrogen-bond acceptors (Lipinski definition) is 5. The Balaban J connectivity index is 1.43. The lowest BCUT2D eigenvalue weighted by Gasteiger charge is -2.19. The average molecular weight is 463 g/mol. The molecule has 0 bridgehead atoms. The van der Waals surface area contributed by atoms with E-state index >= 15 is 0 Å².